The monoisotopic (exact) mass is 482 g/mol. The topological polar surface area (TPSA) is 46.5 Å². The fourth-order valence-corrected chi connectivity index (χ4v) is 7.12. The molecule has 1 N–H and O–H groups in total. The second kappa shape index (κ2) is 8.89. The highest BCUT2D eigenvalue weighted by Crippen LogP contribution is 2.61. The lowest BCUT2D eigenvalue weighted by molar-refractivity contribution is -0.137. The molecule has 0 amide bonds. The molecule has 4 aliphatic rings. The van der Waals surface area contributed by atoms with Crippen LogP contribution in [-0.4, -0.2) is 18.2 Å². The Morgan fingerprint density at radius 1 is 1.00 bits per heavy atom. The number of carbonyl (C=O) groups is 1. The average Bonchev–Trinajstić information content (AvgIpc) is 2.80. The standard InChI is InChI=1S/C29H29F3O3/c1-35-26-13-18(5-7-25(26)28-15-19-9-20(16-28)11-21(10-19)17-28)12-23(6-8-27(33)34)22-3-2-4-24(14-22)29(30,31)32/h2-8,12-14,19-21H,9-11,15-17H2,1H3,(H,33,34)/b8-6-,23-12-. The SMILES string of the molecule is COc1cc(/C=C(/C=C\C(=O)O)c2cccc(C(F)(F)F)c2)ccc1C12CC3CC(CC(C3)C1)C2. The first-order valence-corrected chi connectivity index (χ1v) is 12.1. The van der Waals surface area contributed by atoms with Gasteiger partial charge < -0.3 is 9.84 Å². The first-order chi connectivity index (χ1) is 16.6. The van der Waals surface area contributed by atoms with E-state index in [9.17, 15) is 18.0 Å². The summed E-state index contributed by atoms with van der Waals surface area (Å²) in [5, 5.41) is 9.12. The first kappa shape index (κ1) is 23.7. The van der Waals surface area contributed by atoms with E-state index in [1.807, 2.05) is 12.1 Å². The van der Waals surface area contributed by atoms with Gasteiger partial charge in [0.05, 0.1) is 12.7 Å². The number of hydrogen-bond donors (Lipinski definition) is 1. The van der Waals surface area contributed by atoms with Gasteiger partial charge in [-0.3, -0.25) is 0 Å². The number of methoxy groups -OCH3 is 1. The quantitative estimate of drug-likeness (QED) is 0.266. The van der Waals surface area contributed by atoms with E-state index in [4.69, 9.17) is 9.84 Å². The number of carboxylic acids is 1. The number of carboxylic acid groups (broad SMARTS) is 1. The number of hydrogen-bond acceptors (Lipinski definition) is 2. The van der Waals surface area contributed by atoms with Crippen LogP contribution in [0.5, 0.6) is 5.75 Å². The number of alkyl halides is 3. The number of ether oxygens (including phenoxy) is 1. The number of halogens is 3. The lowest BCUT2D eigenvalue weighted by Gasteiger charge is -2.57. The molecule has 0 radical (unpaired) electrons. The van der Waals surface area contributed by atoms with Crippen LogP contribution in [0.15, 0.2) is 54.6 Å². The Morgan fingerprint density at radius 2 is 1.66 bits per heavy atom. The number of rotatable bonds is 6. The third-order valence-electron chi connectivity index (χ3n) is 8.09. The van der Waals surface area contributed by atoms with Crippen LogP contribution in [0.25, 0.3) is 11.6 Å². The van der Waals surface area contributed by atoms with Gasteiger partial charge in [-0.15, -0.1) is 0 Å². The summed E-state index contributed by atoms with van der Waals surface area (Å²) in [5.74, 6) is 2.00. The molecule has 0 saturated heterocycles. The maximum Gasteiger partial charge on any atom is 0.416 e. The van der Waals surface area contributed by atoms with Crippen molar-refractivity contribution < 1.29 is 27.8 Å². The van der Waals surface area contributed by atoms with Crippen LogP contribution in [0.2, 0.25) is 0 Å². The Balaban J connectivity index is 1.53. The van der Waals surface area contributed by atoms with Crippen LogP contribution in [0.3, 0.4) is 0 Å². The molecule has 0 unspecified atom stereocenters. The van der Waals surface area contributed by atoms with Gasteiger partial charge in [-0.2, -0.15) is 13.2 Å². The second-order valence-corrected chi connectivity index (χ2v) is 10.5. The zero-order chi connectivity index (χ0) is 24.8. The summed E-state index contributed by atoms with van der Waals surface area (Å²) in [6.07, 6.45) is 7.12. The van der Waals surface area contributed by atoms with Gasteiger partial charge in [0, 0.05) is 11.6 Å². The summed E-state index contributed by atoms with van der Waals surface area (Å²) < 4.78 is 45.7. The number of aliphatic carboxylic acids is 1. The molecule has 0 spiro atoms. The summed E-state index contributed by atoms with van der Waals surface area (Å²) in [6.45, 7) is 0. The molecule has 2 aromatic carbocycles. The maximum absolute atomic E-state index is 13.3. The van der Waals surface area contributed by atoms with Crippen molar-refractivity contribution in [3.05, 3.63) is 76.9 Å². The predicted octanol–water partition coefficient (Wildman–Crippen LogP) is 7.36. The van der Waals surface area contributed by atoms with Crippen LogP contribution < -0.4 is 4.74 Å². The molecule has 0 aliphatic heterocycles. The summed E-state index contributed by atoms with van der Waals surface area (Å²) in [5.41, 5.74) is 2.02. The summed E-state index contributed by atoms with van der Waals surface area (Å²) in [7, 11) is 1.66. The lowest BCUT2D eigenvalue weighted by atomic mass is 9.48. The minimum Gasteiger partial charge on any atom is -0.496 e. The van der Waals surface area contributed by atoms with Crippen LogP contribution in [0, 0.1) is 17.8 Å². The van der Waals surface area contributed by atoms with Crippen molar-refractivity contribution in [3.8, 4) is 5.75 Å². The summed E-state index contributed by atoms with van der Waals surface area (Å²) in [4.78, 5) is 11.2. The molecule has 4 bridgehead atoms. The number of benzene rings is 2. The van der Waals surface area contributed by atoms with Gasteiger partial charge in [0.2, 0.25) is 0 Å². The Morgan fingerprint density at radius 3 is 2.23 bits per heavy atom. The Bertz CT molecular complexity index is 1160. The molecule has 35 heavy (non-hydrogen) atoms. The fourth-order valence-electron chi connectivity index (χ4n) is 7.12. The van der Waals surface area contributed by atoms with Crippen molar-refractivity contribution in [2.24, 2.45) is 17.8 Å². The Labute approximate surface area is 203 Å². The second-order valence-electron chi connectivity index (χ2n) is 10.5. The van der Waals surface area contributed by atoms with Gasteiger partial charge in [0.1, 0.15) is 5.75 Å². The van der Waals surface area contributed by atoms with E-state index in [-0.39, 0.29) is 5.41 Å². The predicted molar refractivity (Wildman–Crippen MR) is 129 cm³/mol. The zero-order valence-electron chi connectivity index (χ0n) is 19.6. The molecule has 0 aromatic heterocycles. The van der Waals surface area contributed by atoms with Crippen molar-refractivity contribution in [1.29, 1.82) is 0 Å². The normalized spacial score (nSPS) is 28.0. The van der Waals surface area contributed by atoms with Gasteiger partial charge in [-0.1, -0.05) is 24.3 Å². The van der Waals surface area contributed by atoms with Gasteiger partial charge in [-0.05, 0) is 109 Å². The Kier molecular flexibility index (Phi) is 6.02. The van der Waals surface area contributed by atoms with Gasteiger partial charge in [0.15, 0.2) is 0 Å². The molecular formula is C29H29F3O3. The van der Waals surface area contributed by atoms with Gasteiger partial charge >= 0.3 is 12.1 Å². The molecule has 4 saturated carbocycles. The van der Waals surface area contributed by atoms with Crippen LogP contribution in [0.1, 0.15) is 60.8 Å². The van der Waals surface area contributed by atoms with Crippen LogP contribution >= 0.6 is 0 Å². The van der Waals surface area contributed by atoms with E-state index in [1.165, 1.54) is 56.2 Å². The van der Waals surface area contributed by atoms with E-state index >= 15 is 0 Å². The highest BCUT2D eigenvalue weighted by atomic mass is 19.4. The molecule has 6 rings (SSSR count). The first-order valence-electron chi connectivity index (χ1n) is 12.1. The summed E-state index contributed by atoms with van der Waals surface area (Å²) >= 11 is 0. The molecule has 0 heterocycles. The minimum absolute atomic E-state index is 0.148. The maximum atomic E-state index is 13.3. The zero-order valence-corrected chi connectivity index (χ0v) is 19.6. The van der Waals surface area contributed by atoms with Crippen molar-refractivity contribution in [2.45, 2.75) is 50.1 Å². The number of allylic oxidation sites excluding steroid dienone is 2. The highest BCUT2D eigenvalue weighted by molar-refractivity contribution is 5.92. The van der Waals surface area contributed by atoms with E-state index < -0.39 is 17.7 Å². The Hall–Kier alpha value is -3.02. The molecule has 3 nitrogen and oxygen atoms in total. The molecule has 4 fully saturated rings. The van der Waals surface area contributed by atoms with Gasteiger partial charge in [-0.25, -0.2) is 4.79 Å². The largest absolute Gasteiger partial charge is 0.496 e. The van der Waals surface area contributed by atoms with E-state index in [2.05, 4.69) is 6.07 Å². The van der Waals surface area contributed by atoms with E-state index in [0.29, 0.717) is 11.1 Å². The highest BCUT2D eigenvalue weighted by Gasteiger charge is 2.52. The van der Waals surface area contributed by atoms with Crippen LogP contribution in [0.4, 0.5) is 13.2 Å². The molecule has 184 valence electrons. The molecular weight excluding hydrogens is 453 g/mol. The molecule has 6 heteroatoms. The molecule has 4 aliphatic carbocycles. The van der Waals surface area contributed by atoms with Crippen molar-refractivity contribution in [2.75, 3.05) is 7.11 Å². The summed E-state index contributed by atoms with van der Waals surface area (Å²) in [6, 6.07) is 10.9. The third kappa shape index (κ3) is 4.75. The smallest absolute Gasteiger partial charge is 0.416 e. The fraction of sp³-hybridized carbons (Fsp3) is 0.414. The van der Waals surface area contributed by atoms with Gasteiger partial charge in [0.25, 0.3) is 0 Å². The third-order valence-corrected chi connectivity index (χ3v) is 8.09. The van der Waals surface area contributed by atoms with Crippen molar-refractivity contribution >= 4 is 17.6 Å². The molecule has 2 aromatic rings. The van der Waals surface area contributed by atoms with Crippen molar-refractivity contribution in [1.82, 2.24) is 0 Å². The molecule has 0 atom stereocenters. The van der Waals surface area contributed by atoms with Crippen molar-refractivity contribution in [3.63, 3.8) is 0 Å². The average molecular weight is 483 g/mol. The van der Waals surface area contributed by atoms with Crippen LogP contribution in [-0.2, 0) is 16.4 Å². The lowest BCUT2D eigenvalue weighted by Crippen LogP contribution is -2.48. The minimum atomic E-state index is -4.49. The van der Waals surface area contributed by atoms with E-state index in [0.717, 1.165) is 47.3 Å². The van der Waals surface area contributed by atoms with E-state index in [1.54, 1.807) is 19.3 Å².